The Bertz CT molecular complexity index is 660. The molecule has 0 unspecified atom stereocenters. The van der Waals surface area contributed by atoms with Crippen LogP contribution in [-0.4, -0.2) is 44.9 Å². The summed E-state index contributed by atoms with van der Waals surface area (Å²) in [6, 6.07) is 7.53. The zero-order chi connectivity index (χ0) is 16.9. The van der Waals surface area contributed by atoms with Gasteiger partial charge in [-0.25, -0.2) is 13.1 Å². The fraction of sp³-hybridized carbons (Fsp3) is 0.438. The second-order valence-corrected chi connectivity index (χ2v) is 7.49. The van der Waals surface area contributed by atoms with Crippen LogP contribution in [0.3, 0.4) is 0 Å². The third kappa shape index (κ3) is 6.13. The van der Waals surface area contributed by atoms with E-state index in [0.29, 0.717) is 25.9 Å². The summed E-state index contributed by atoms with van der Waals surface area (Å²) < 4.78 is 26.9. The number of benzene rings is 1. The van der Waals surface area contributed by atoms with Gasteiger partial charge in [-0.1, -0.05) is 29.8 Å². The van der Waals surface area contributed by atoms with Crippen molar-refractivity contribution in [1.29, 1.82) is 0 Å². The molecule has 7 heteroatoms. The third-order valence-corrected chi connectivity index (χ3v) is 4.97. The molecular formula is C16H23N3O3S. The number of likely N-dealkylation sites (tertiary alicyclic amines) is 1. The lowest BCUT2D eigenvalue weighted by atomic mass is 10.1. The van der Waals surface area contributed by atoms with Gasteiger partial charge in [-0.2, -0.15) is 0 Å². The third-order valence-electron chi connectivity index (χ3n) is 3.81. The van der Waals surface area contributed by atoms with Crippen LogP contribution < -0.4 is 10.5 Å². The molecule has 0 bridgehead atoms. The maximum Gasteiger partial charge on any atom is 0.233 e. The Morgan fingerprint density at radius 2 is 1.91 bits per heavy atom. The fourth-order valence-corrected chi connectivity index (χ4v) is 3.66. The number of piperidine rings is 1. The van der Waals surface area contributed by atoms with Crippen molar-refractivity contribution in [1.82, 2.24) is 9.62 Å². The van der Waals surface area contributed by atoms with Crippen LogP contribution >= 0.6 is 0 Å². The van der Waals surface area contributed by atoms with Crippen molar-refractivity contribution in [3.05, 3.63) is 40.8 Å². The zero-order valence-electron chi connectivity index (χ0n) is 13.2. The molecule has 23 heavy (non-hydrogen) atoms. The van der Waals surface area contributed by atoms with E-state index in [4.69, 9.17) is 5.73 Å². The number of primary amides is 1. The molecule has 1 heterocycles. The maximum atomic E-state index is 12.1. The molecule has 1 aliphatic rings. The van der Waals surface area contributed by atoms with E-state index >= 15 is 0 Å². The summed E-state index contributed by atoms with van der Waals surface area (Å²) in [6.45, 7) is 3.54. The van der Waals surface area contributed by atoms with E-state index in [9.17, 15) is 13.2 Å². The SMILES string of the molecule is Cc1ccc(C=CS(=O)(=O)NC2CCN(CC(N)=O)CC2)cc1. The molecule has 1 saturated heterocycles. The standard InChI is InChI=1S/C16H23N3O3S/c1-13-2-4-14(5-3-13)8-11-23(21,22)18-15-6-9-19(10-7-15)12-16(17)20/h2-5,8,11,15,18H,6-7,9-10,12H2,1H3,(H2,17,20). The summed E-state index contributed by atoms with van der Waals surface area (Å²) in [5.74, 6) is -0.356. The molecule has 1 aromatic carbocycles. The summed E-state index contributed by atoms with van der Waals surface area (Å²) in [5, 5.41) is 1.20. The fourth-order valence-electron chi connectivity index (χ4n) is 2.55. The summed E-state index contributed by atoms with van der Waals surface area (Å²) in [7, 11) is -3.47. The minimum absolute atomic E-state index is 0.105. The average Bonchev–Trinajstić information content (AvgIpc) is 2.48. The summed E-state index contributed by atoms with van der Waals surface area (Å²) in [6.07, 6.45) is 2.93. The van der Waals surface area contributed by atoms with E-state index < -0.39 is 10.0 Å². The molecule has 0 aliphatic carbocycles. The smallest absolute Gasteiger partial charge is 0.233 e. The first-order valence-electron chi connectivity index (χ1n) is 7.62. The van der Waals surface area contributed by atoms with Crippen molar-refractivity contribution in [2.75, 3.05) is 19.6 Å². The number of nitrogens with two attached hydrogens (primary N) is 1. The number of carbonyl (C=O) groups excluding carboxylic acids is 1. The molecule has 3 N–H and O–H groups in total. The Kier molecular flexibility index (Phi) is 5.92. The zero-order valence-corrected chi connectivity index (χ0v) is 14.1. The number of amides is 1. The number of hydrogen-bond acceptors (Lipinski definition) is 4. The van der Waals surface area contributed by atoms with Gasteiger partial charge in [0.25, 0.3) is 0 Å². The molecule has 126 valence electrons. The Morgan fingerprint density at radius 1 is 1.30 bits per heavy atom. The number of carbonyl (C=O) groups is 1. The predicted octanol–water partition coefficient (Wildman–Crippen LogP) is 0.835. The minimum atomic E-state index is -3.47. The van der Waals surface area contributed by atoms with E-state index in [0.717, 1.165) is 11.1 Å². The monoisotopic (exact) mass is 337 g/mol. The Balaban J connectivity index is 1.87. The highest BCUT2D eigenvalue weighted by atomic mass is 32.2. The normalized spacial score (nSPS) is 17.6. The molecule has 0 atom stereocenters. The molecule has 1 aromatic rings. The maximum absolute atomic E-state index is 12.1. The van der Waals surface area contributed by atoms with Crippen LogP contribution in [-0.2, 0) is 14.8 Å². The van der Waals surface area contributed by atoms with Gasteiger partial charge in [0.15, 0.2) is 0 Å². The van der Waals surface area contributed by atoms with Gasteiger partial charge in [0, 0.05) is 24.5 Å². The lowest BCUT2D eigenvalue weighted by Crippen LogP contribution is -2.46. The number of hydrogen-bond donors (Lipinski definition) is 2. The number of rotatable bonds is 6. The van der Waals surface area contributed by atoms with Gasteiger partial charge in [0.2, 0.25) is 15.9 Å². The average molecular weight is 337 g/mol. The van der Waals surface area contributed by atoms with E-state index in [1.165, 1.54) is 5.41 Å². The highest BCUT2D eigenvalue weighted by Gasteiger charge is 2.22. The van der Waals surface area contributed by atoms with E-state index in [1.807, 2.05) is 36.1 Å². The van der Waals surface area contributed by atoms with Crippen molar-refractivity contribution in [3.8, 4) is 0 Å². The molecule has 0 spiro atoms. The largest absolute Gasteiger partial charge is 0.369 e. The lowest BCUT2D eigenvalue weighted by molar-refractivity contribution is -0.119. The number of nitrogens with one attached hydrogen (secondary N) is 1. The lowest BCUT2D eigenvalue weighted by Gasteiger charge is -2.30. The van der Waals surface area contributed by atoms with Crippen LogP contribution in [0.1, 0.15) is 24.0 Å². The first kappa shape index (κ1) is 17.7. The van der Waals surface area contributed by atoms with E-state index in [-0.39, 0.29) is 18.5 Å². The highest BCUT2D eigenvalue weighted by molar-refractivity contribution is 7.92. The van der Waals surface area contributed by atoms with E-state index in [2.05, 4.69) is 4.72 Å². The second kappa shape index (κ2) is 7.72. The molecule has 0 saturated carbocycles. The highest BCUT2D eigenvalue weighted by Crippen LogP contribution is 2.12. The summed E-state index contributed by atoms with van der Waals surface area (Å²) in [4.78, 5) is 12.8. The van der Waals surface area contributed by atoms with Crippen molar-refractivity contribution in [3.63, 3.8) is 0 Å². The first-order chi connectivity index (χ1) is 10.8. The van der Waals surface area contributed by atoms with Crippen LogP contribution in [0.5, 0.6) is 0 Å². The number of sulfonamides is 1. The van der Waals surface area contributed by atoms with Gasteiger partial charge in [0.05, 0.1) is 6.54 Å². The molecule has 1 amide bonds. The van der Waals surface area contributed by atoms with E-state index in [1.54, 1.807) is 6.08 Å². The van der Waals surface area contributed by atoms with Crippen LogP contribution in [0.15, 0.2) is 29.7 Å². The van der Waals surface area contributed by atoms with Crippen molar-refractivity contribution >= 4 is 22.0 Å². The Labute approximate surface area is 137 Å². The molecule has 1 aliphatic heterocycles. The molecule has 2 rings (SSSR count). The van der Waals surface area contributed by atoms with Crippen LogP contribution in [0.2, 0.25) is 0 Å². The van der Waals surface area contributed by atoms with Gasteiger partial charge >= 0.3 is 0 Å². The van der Waals surface area contributed by atoms with Crippen LogP contribution in [0.4, 0.5) is 0 Å². The molecular weight excluding hydrogens is 314 g/mol. The van der Waals surface area contributed by atoms with Gasteiger partial charge in [-0.3, -0.25) is 9.69 Å². The minimum Gasteiger partial charge on any atom is -0.369 e. The van der Waals surface area contributed by atoms with Gasteiger partial charge in [-0.15, -0.1) is 0 Å². The van der Waals surface area contributed by atoms with Gasteiger partial charge in [-0.05, 0) is 31.4 Å². The van der Waals surface area contributed by atoms with Crippen molar-refractivity contribution < 1.29 is 13.2 Å². The summed E-state index contributed by atoms with van der Waals surface area (Å²) in [5.41, 5.74) is 7.14. The topological polar surface area (TPSA) is 92.5 Å². The van der Waals surface area contributed by atoms with Crippen LogP contribution in [0, 0.1) is 6.92 Å². The predicted molar refractivity (Wildman–Crippen MR) is 90.9 cm³/mol. The molecule has 1 fully saturated rings. The molecule has 0 radical (unpaired) electrons. The van der Waals surface area contributed by atoms with Crippen LogP contribution in [0.25, 0.3) is 6.08 Å². The molecule has 0 aromatic heterocycles. The summed E-state index contributed by atoms with van der Waals surface area (Å²) >= 11 is 0. The quantitative estimate of drug-likeness (QED) is 0.804. The number of nitrogens with zero attached hydrogens (tertiary/aromatic N) is 1. The Hall–Kier alpha value is -1.70. The van der Waals surface area contributed by atoms with Gasteiger partial charge < -0.3 is 5.73 Å². The number of aryl methyl sites for hydroxylation is 1. The molecule has 6 nitrogen and oxygen atoms in total. The second-order valence-electron chi connectivity index (χ2n) is 5.89. The van der Waals surface area contributed by atoms with Gasteiger partial charge in [0.1, 0.15) is 0 Å². The van der Waals surface area contributed by atoms with Crippen molar-refractivity contribution in [2.45, 2.75) is 25.8 Å². The Morgan fingerprint density at radius 3 is 2.48 bits per heavy atom. The first-order valence-corrected chi connectivity index (χ1v) is 9.16. The van der Waals surface area contributed by atoms with Crippen molar-refractivity contribution in [2.24, 2.45) is 5.73 Å².